The van der Waals surface area contributed by atoms with E-state index in [-0.39, 0.29) is 37.6 Å². The highest BCUT2D eigenvalue weighted by Gasteiger charge is 2.32. The molecule has 150 valence electrons. The monoisotopic (exact) mass is 510 g/mol. The molecule has 0 fully saturated rings. The number of hydrogen-bond acceptors (Lipinski definition) is 3. The Morgan fingerprint density at radius 3 is 2.40 bits per heavy atom. The summed E-state index contributed by atoms with van der Waals surface area (Å²) < 4.78 is 34.2. The van der Waals surface area contributed by atoms with E-state index in [4.69, 9.17) is 28.9 Å². The van der Waals surface area contributed by atoms with Crippen molar-refractivity contribution < 1.29 is 18.4 Å². The number of carbonyl (C=O) groups is 2. The SMILES string of the molecule is Nc1ccc(F)c(C(=O)c2cn(C(=O)c3c(Cl)cccc3Cl)c3c2=CC(Br)=[N+]=3)c1F. The minimum atomic E-state index is -1.18. The van der Waals surface area contributed by atoms with Gasteiger partial charge in [-0.25, -0.2) is 13.6 Å². The summed E-state index contributed by atoms with van der Waals surface area (Å²) in [6.07, 6.45) is 2.61. The van der Waals surface area contributed by atoms with Gasteiger partial charge in [-0.1, -0.05) is 29.3 Å². The van der Waals surface area contributed by atoms with Crippen LogP contribution in [0, 0.1) is 11.6 Å². The molecule has 2 N–H and O–H groups in total. The first-order valence-corrected chi connectivity index (χ1v) is 9.86. The van der Waals surface area contributed by atoms with Crippen LogP contribution in [-0.4, -0.2) is 20.9 Å². The van der Waals surface area contributed by atoms with Crippen LogP contribution >= 0.6 is 39.1 Å². The summed E-state index contributed by atoms with van der Waals surface area (Å²) in [5.41, 5.74) is 4.23. The normalized spacial score (nSPS) is 12.1. The van der Waals surface area contributed by atoms with Gasteiger partial charge in [-0.15, -0.1) is 4.57 Å². The minimum Gasteiger partial charge on any atom is -0.396 e. The molecule has 0 atom stereocenters. The second-order valence-corrected chi connectivity index (χ2v) is 7.91. The summed E-state index contributed by atoms with van der Waals surface area (Å²) in [5, 5.41) is 0.408. The van der Waals surface area contributed by atoms with Gasteiger partial charge in [0.2, 0.25) is 5.78 Å². The number of ketones is 1. The number of aromatic nitrogens is 1. The van der Waals surface area contributed by atoms with Crippen molar-refractivity contribution in [3.63, 3.8) is 0 Å². The number of nitrogens with zero attached hydrogens (tertiary/aromatic N) is 2. The molecule has 3 aromatic rings. The Bertz CT molecular complexity index is 1420. The average molecular weight is 512 g/mol. The lowest BCUT2D eigenvalue weighted by molar-refractivity contribution is 0.0956. The fraction of sp³-hybridized carbons (Fsp3) is 0. The average Bonchev–Trinajstić information content (AvgIpc) is 3.22. The molecule has 30 heavy (non-hydrogen) atoms. The van der Waals surface area contributed by atoms with E-state index in [1.165, 1.54) is 18.2 Å². The Kier molecular flexibility index (Phi) is 5.11. The van der Waals surface area contributed by atoms with E-state index in [2.05, 4.69) is 20.6 Å². The summed E-state index contributed by atoms with van der Waals surface area (Å²) in [4.78, 5) is 26.1. The molecule has 0 bridgehead atoms. The molecular formula is C20H9BrCl2F2N3O2+. The van der Waals surface area contributed by atoms with Gasteiger partial charge in [0, 0.05) is 22.0 Å². The molecule has 5 nitrogen and oxygen atoms in total. The first kappa shape index (κ1) is 20.5. The molecule has 0 unspecified atom stereocenters. The van der Waals surface area contributed by atoms with E-state index in [0.717, 1.165) is 22.9 Å². The minimum absolute atomic E-state index is 0.00262. The number of benzene rings is 2. The zero-order chi connectivity index (χ0) is 21.7. The number of anilines is 1. The molecule has 1 aromatic heterocycles. The van der Waals surface area contributed by atoms with Crippen LogP contribution in [0.15, 0.2) is 36.5 Å². The van der Waals surface area contributed by atoms with Gasteiger partial charge in [-0.05, 0) is 24.3 Å². The van der Waals surface area contributed by atoms with Gasteiger partial charge in [0.1, 0.15) is 22.8 Å². The quantitative estimate of drug-likeness (QED) is 0.333. The lowest BCUT2D eigenvalue weighted by Crippen LogP contribution is -2.35. The standard InChI is InChI=1S/C20H9BrCl2F2N3O2/c21-14-6-8-9(18(29)16-12(24)4-5-13(26)17(16)25)7-28(19(8)27-14)20(30)15-10(22)2-1-3-11(15)23/h1-7H,26H2/q+1. The molecule has 10 heteroatoms. The lowest BCUT2D eigenvalue weighted by atomic mass is 10.0. The van der Waals surface area contributed by atoms with Crippen molar-refractivity contribution in [2.75, 3.05) is 5.73 Å². The first-order valence-electron chi connectivity index (χ1n) is 8.32. The fourth-order valence-electron chi connectivity index (χ4n) is 3.09. The third-order valence-electron chi connectivity index (χ3n) is 4.48. The number of nitrogen functional groups attached to an aromatic ring is 1. The molecule has 1 aliphatic rings. The maximum absolute atomic E-state index is 14.4. The smallest absolute Gasteiger partial charge is 0.392 e. The molecule has 0 amide bonds. The van der Waals surface area contributed by atoms with Crippen LogP contribution in [0.1, 0.15) is 26.3 Å². The summed E-state index contributed by atoms with van der Waals surface area (Å²) in [6.45, 7) is 0. The largest absolute Gasteiger partial charge is 0.396 e. The Morgan fingerprint density at radius 2 is 1.73 bits per heavy atom. The van der Waals surface area contributed by atoms with Crippen molar-refractivity contribution in [3.8, 4) is 0 Å². The van der Waals surface area contributed by atoms with Crippen LogP contribution in [0.5, 0.6) is 0 Å². The zero-order valence-corrected chi connectivity index (χ0v) is 17.8. The molecule has 4 rings (SSSR count). The molecular weight excluding hydrogens is 503 g/mol. The van der Waals surface area contributed by atoms with Gasteiger partial charge >= 0.3 is 11.4 Å². The second-order valence-electron chi connectivity index (χ2n) is 6.29. The van der Waals surface area contributed by atoms with Crippen molar-refractivity contribution in [2.45, 2.75) is 0 Å². The predicted octanol–water partition coefficient (Wildman–Crippen LogP) is 2.85. The van der Waals surface area contributed by atoms with Crippen LogP contribution in [0.2, 0.25) is 10.0 Å². The molecule has 0 saturated heterocycles. The third kappa shape index (κ3) is 3.18. The topological polar surface area (TPSA) is 79.2 Å². The molecule has 0 spiro atoms. The summed E-state index contributed by atoms with van der Waals surface area (Å²) in [6, 6.07) is 6.46. The van der Waals surface area contributed by atoms with Crippen LogP contribution in [0.25, 0.3) is 6.08 Å². The molecule has 1 aliphatic heterocycles. The number of carbonyl (C=O) groups excluding carboxylic acids is 2. The van der Waals surface area contributed by atoms with Gasteiger partial charge < -0.3 is 5.73 Å². The van der Waals surface area contributed by atoms with Gasteiger partial charge in [0.25, 0.3) is 4.62 Å². The number of rotatable bonds is 3. The number of nitrogens with two attached hydrogens (primary N) is 1. The molecule has 2 aromatic carbocycles. The highest BCUT2D eigenvalue weighted by atomic mass is 79.9. The fourth-order valence-corrected chi connectivity index (χ4v) is 4.04. The van der Waals surface area contributed by atoms with Gasteiger partial charge in [0.15, 0.2) is 5.82 Å². The first-order chi connectivity index (χ1) is 14.2. The number of halogens is 5. The Labute approximate surface area is 185 Å². The van der Waals surface area contributed by atoms with Crippen molar-refractivity contribution in [1.29, 1.82) is 0 Å². The Balaban J connectivity index is 1.95. The molecule has 2 heterocycles. The lowest BCUT2D eigenvalue weighted by Gasteiger charge is -2.05. The van der Waals surface area contributed by atoms with E-state index < -0.39 is 28.9 Å². The van der Waals surface area contributed by atoms with Crippen molar-refractivity contribution in [3.05, 3.63) is 85.6 Å². The second kappa shape index (κ2) is 7.49. The van der Waals surface area contributed by atoms with Gasteiger partial charge in [-0.2, -0.15) is 4.67 Å². The van der Waals surface area contributed by atoms with Crippen molar-refractivity contribution >= 4 is 67.2 Å². The maximum Gasteiger partial charge on any atom is 0.392 e. The van der Waals surface area contributed by atoms with Crippen molar-refractivity contribution in [2.24, 2.45) is 0 Å². The summed E-state index contributed by atoms with van der Waals surface area (Å²) >= 11 is 15.4. The number of fused-ring (bicyclic) bond motifs is 1. The molecule has 0 saturated carbocycles. The Hall–Kier alpha value is -2.77. The number of hydrogen-bond donors (Lipinski definition) is 1. The third-order valence-corrected chi connectivity index (χ3v) is 5.52. The van der Waals surface area contributed by atoms with E-state index in [9.17, 15) is 18.4 Å². The Morgan fingerprint density at radius 1 is 1.07 bits per heavy atom. The van der Waals surface area contributed by atoms with Crippen LogP contribution < -0.4 is 21.1 Å². The molecule has 0 aliphatic carbocycles. The van der Waals surface area contributed by atoms with Crippen LogP contribution in [-0.2, 0) is 0 Å². The van der Waals surface area contributed by atoms with Crippen LogP contribution in [0.3, 0.4) is 0 Å². The van der Waals surface area contributed by atoms with Crippen molar-refractivity contribution in [1.82, 2.24) is 9.24 Å². The van der Waals surface area contributed by atoms with Crippen LogP contribution in [0.4, 0.5) is 14.5 Å². The van der Waals surface area contributed by atoms with E-state index in [0.29, 0.717) is 4.62 Å². The van der Waals surface area contributed by atoms with E-state index >= 15 is 0 Å². The zero-order valence-electron chi connectivity index (χ0n) is 14.7. The summed E-state index contributed by atoms with van der Waals surface area (Å²) in [5.74, 6) is -3.90. The predicted molar refractivity (Wildman–Crippen MR) is 114 cm³/mol. The van der Waals surface area contributed by atoms with E-state index in [1.807, 2.05) is 0 Å². The van der Waals surface area contributed by atoms with Gasteiger partial charge in [-0.3, -0.25) is 4.79 Å². The highest BCUT2D eigenvalue weighted by Crippen LogP contribution is 2.25. The summed E-state index contributed by atoms with van der Waals surface area (Å²) in [7, 11) is 0. The highest BCUT2D eigenvalue weighted by molar-refractivity contribution is 9.18. The maximum atomic E-state index is 14.4. The van der Waals surface area contributed by atoms with E-state index in [1.54, 1.807) is 6.07 Å². The van der Waals surface area contributed by atoms with Gasteiger partial charge in [0.05, 0.1) is 26.9 Å². The molecule has 0 radical (unpaired) electrons.